The lowest BCUT2D eigenvalue weighted by Crippen LogP contribution is -2.49. The van der Waals surface area contributed by atoms with Gasteiger partial charge in [0, 0.05) is 50.6 Å². The highest BCUT2D eigenvalue weighted by molar-refractivity contribution is 5.98. The molecule has 10 nitrogen and oxygen atoms in total. The van der Waals surface area contributed by atoms with Crippen LogP contribution in [0.15, 0.2) is 48.5 Å². The first-order valence-electron chi connectivity index (χ1n) is 15.9. The summed E-state index contributed by atoms with van der Waals surface area (Å²) in [6.07, 6.45) is 6.93. The summed E-state index contributed by atoms with van der Waals surface area (Å²) in [5.74, 6) is -0.316. The predicted octanol–water partition coefficient (Wildman–Crippen LogP) is 5.59. The minimum absolute atomic E-state index is 0.0774. The molecule has 4 rings (SSSR count). The molecule has 0 unspecified atom stereocenters. The number of amides is 6. The van der Waals surface area contributed by atoms with Crippen LogP contribution in [0.5, 0.6) is 0 Å². The van der Waals surface area contributed by atoms with Gasteiger partial charge in [0.15, 0.2) is 0 Å². The van der Waals surface area contributed by atoms with Gasteiger partial charge in [-0.1, -0.05) is 36.4 Å². The SMILES string of the molecule is CCN(CC)C(=O)N1CCC[C@H]1C(=O)Nc1ccc(/C=C/c2ccc(NC(=O)[C@@H]3CCCN3C(=O)N(CC)CC)cc2)cc1. The topological polar surface area (TPSA) is 105 Å². The molecule has 0 bridgehead atoms. The van der Waals surface area contributed by atoms with Crippen LogP contribution in [0.4, 0.5) is 21.0 Å². The van der Waals surface area contributed by atoms with Crippen molar-refractivity contribution in [1.29, 1.82) is 0 Å². The van der Waals surface area contributed by atoms with E-state index in [1.54, 1.807) is 19.6 Å². The van der Waals surface area contributed by atoms with Crippen LogP contribution in [0.25, 0.3) is 12.2 Å². The average molecular weight is 603 g/mol. The molecule has 2 aliphatic heterocycles. The van der Waals surface area contributed by atoms with Gasteiger partial charge in [-0.3, -0.25) is 9.59 Å². The fourth-order valence-corrected chi connectivity index (χ4v) is 5.89. The third kappa shape index (κ3) is 7.78. The summed E-state index contributed by atoms with van der Waals surface area (Å²) in [5, 5.41) is 5.95. The van der Waals surface area contributed by atoms with Crippen molar-refractivity contribution in [2.75, 3.05) is 49.9 Å². The molecular formula is C34H46N6O4. The summed E-state index contributed by atoms with van der Waals surface area (Å²) in [6, 6.07) is 14.1. The van der Waals surface area contributed by atoms with E-state index in [0.29, 0.717) is 63.5 Å². The molecule has 6 amide bonds. The Morgan fingerprint density at radius 3 is 1.30 bits per heavy atom. The van der Waals surface area contributed by atoms with E-state index in [1.165, 1.54) is 0 Å². The summed E-state index contributed by atoms with van der Waals surface area (Å²) in [7, 11) is 0. The van der Waals surface area contributed by atoms with Crippen LogP contribution in [0.3, 0.4) is 0 Å². The first-order chi connectivity index (χ1) is 21.3. The average Bonchev–Trinajstić information content (AvgIpc) is 3.73. The third-order valence-electron chi connectivity index (χ3n) is 8.49. The second-order valence-electron chi connectivity index (χ2n) is 11.2. The molecule has 0 spiro atoms. The number of rotatable bonds is 10. The largest absolute Gasteiger partial charge is 0.325 e. The van der Waals surface area contributed by atoms with Crippen molar-refractivity contribution in [3.63, 3.8) is 0 Å². The van der Waals surface area contributed by atoms with Crippen molar-refractivity contribution in [3.05, 3.63) is 59.7 Å². The molecule has 10 heteroatoms. The zero-order valence-electron chi connectivity index (χ0n) is 26.4. The van der Waals surface area contributed by atoms with E-state index < -0.39 is 12.1 Å². The molecule has 236 valence electrons. The molecule has 2 atom stereocenters. The molecule has 0 saturated carbocycles. The number of carbonyl (C=O) groups excluding carboxylic acids is 4. The normalized spacial score (nSPS) is 18.0. The van der Waals surface area contributed by atoms with E-state index >= 15 is 0 Å². The number of nitrogens with zero attached hydrogens (tertiary/aromatic N) is 4. The maximum Gasteiger partial charge on any atom is 0.320 e. The highest BCUT2D eigenvalue weighted by Gasteiger charge is 2.36. The first-order valence-corrected chi connectivity index (χ1v) is 15.9. The Kier molecular flexibility index (Phi) is 11.4. The molecule has 0 aliphatic carbocycles. The highest BCUT2D eigenvalue weighted by atomic mass is 16.2. The Morgan fingerprint density at radius 1 is 0.636 bits per heavy atom. The zero-order chi connectivity index (χ0) is 31.6. The summed E-state index contributed by atoms with van der Waals surface area (Å²) in [4.78, 5) is 58.6. The molecule has 2 aromatic rings. The van der Waals surface area contributed by atoms with Gasteiger partial charge in [-0.05, 0) is 88.8 Å². The maximum atomic E-state index is 13.0. The fourth-order valence-electron chi connectivity index (χ4n) is 5.89. The molecule has 2 aromatic carbocycles. The Balaban J connectivity index is 1.30. The van der Waals surface area contributed by atoms with Gasteiger partial charge >= 0.3 is 12.1 Å². The van der Waals surface area contributed by atoms with E-state index in [0.717, 1.165) is 24.0 Å². The Bertz CT molecular complexity index is 1220. The van der Waals surface area contributed by atoms with Crippen molar-refractivity contribution in [3.8, 4) is 0 Å². The van der Waals surface area contributed by atoms with Crippen molar-refractivity contribution >= 4 is 47.4 Å². The Morgan fingerprint density at radius 2 is 0.977 bits per heavy atom. The second-order valence-corrected chi connectivity index (χ2v) is 11.2. The van der Waals surface area contributed by atoms with Gasteiger partial charge in [-0.15, -0.1) is 0 Å². The van der Waals surface area contributed by atoms with Crippen LogP contribution in [-0.4, -0.2) is 94.8 Å². The number of nitrogens with one attached hydrogen (secondary N) is 2. The Labute approximate surface area is 261 Å². The maximum absolute atomic E-state index is 13.0. The molecule has 0 aromatic heterocycles. The van der Waals surface area contributed by atoms with E-state index in [-0.39, 0.29) is 23.9 Å². The number of carbonyl (C=O) groups is 4. The first kappa shape index (κ1) is 32.6. The summed E-state index contributed by atoms with van der Waals surface area (Å²) in [5.41, 5.74) is 3.32. The molecule has 2 N–H and O–H groups in total. The van der Waals surface area contributed by atoms with Crippen molar-refractivity contribution in [1.82, 2.24) is 19.6 Å². The van der Waals surface area contributed by atoms with Crippen LogP contribution in [0, 0.1) is 0 Å². The van der Waals surface area contributed by atoms with E-state index in [1.807, 2.05) is 88.4 Å². The Hall–Kier alpha value is -4.34. The van der Waals surface area contributed by atoms with E-state index in [2.05, 4.69) is 10.6 Å². The number of hydrogen-bond donors (Lipinski definition) is 2. The lowest BCUT2D eigenvalue weighted by atomic mass is 10.1. The van der Waals surface area contributed by atoms with Gasteiger partial charge in [0.1, 0.15) is 12.1 Å². The van der Waals surface area contributed by atoms with Crippen LogP contribution in [0.1, 0.15) is 64.5 Å². The number of urea groups is 2. The smallest absolute Gasteiger partial charge is 0.320 e. The lowest BCUT2D eigenvalue weighted by Gasteiger charge is -2.30. The highest BCUT2D eigenvalue weighted by Crippen LogP contribution is 2.23. The summed E-state index contributed by atoms with van der Waals surface area (Å²) >= 11 is 0. The molecule has 2 aliphatic rings. The van der Waals surface area contributed by atoms with Gasteiger partial charge in [-0.25, -0.2) is 9.59 Å². The molecule has 2 heterocycles. The van der Waals surface area contributed by atoms with Crippen LogP contribution < -0.4 is 10.6 Å². The van der Waals surface area contributed by atoms with Gasteiger partial charge in [-0.2, -0.15) is 0 Å². The molecule has 2 fully saturated rings. The number of anilines is 2. The van der Waals surface area contributed by atoms with Crippen LogP contribution >= 0.6 is 0 Å². The third-order valence-corrected chi connectivity index (χ3v) is 8.49. The molecule has 0 radical (unpaired) electrons. The minimum Gasteiger partial charge on any atom is -0.325 e. The van der Waals surface area contributed by atoms with Crippen LogP contribution in [0.2, 0.25) is 0 Å². The van der Waals surface area contributed by atoms with Crippen LogP contribution in [-0.2, 0) is 9.59 Å². The molecule has 44 heavy (non-hydrogen) atoms. The standard InChI is InChI=1S/C34H46N6O4/c1-5-37(6-2)33(43)39-23-9-11-29(39)31(41)35-27-19-15-25(16-20-27)13-14-26-17-21-28(22-18-26)36-32(42)30-12-10-24-40(30)34(44)38(7-3)8-4/h13-22,29-30H,5-12,23-24H2,1-4H3,(H,35,41)(H,36,42)/b14-13+/t29-,30-/m0/s1. The second kappa shape index (κ2) is 15.4. The van der Waals surface area contributed by atoms with Crippen molar-refractivity contribution in [2.24, 2.45) is 0 Å². The fraction of sp³-hybridized carbons (Fsp3) is 0.471. The minimum atomic E-state index is -0.456. The summed E-state index contributed by atoms with van der Waals surface area (Å²) < 4.78 is 0. The monoisotopic (exact) mass is 602 g/mol. The van der Waals surface area contributed by atoms with Gasteiger partial charge in [0.05, 0.1) is 0 Å². The number of hydrogen-bond acceptors (Lipinski definition) is 4. The zero-order valence-corrected chi connectivity index (χ0v) is 26.4. The number of benzene rings is 2. The molecule has 2 saturated heterocycles. The van der Waals surface area contributed by atoms with Gasteiger partial charge in [0.2, 0.25) is 11.8 Å². The lowest BCUT2D eigenvalue weighted by molar-refractivity contribution is -0.120. The van der Waals surface area contributed by atoms with E-state index in [4.69, 9.17) is 0 Å². The van der Waals surface area contributed by atoms with Gasteiger partial charge in [0.25, 0.3) is 0 Å². The quantitative estimate of drug-likeness (QED) is 0.346. The van der Waals surface area contributed by atoms with E-state index in [9.17, 15) is 19.2 Å². The molecular weight excluding hydrogens is 556 g/mol. The number of likely N-dealkylation sites (tertiary alicyclic amines) is 2. The van der Waals surface area contributed by atoms with Crippen molar-refractivity contribution in [2.45, 2.75) is 65.5 Å². The predicted molar refractivity (Wildman–Crippen MR) is 175 cm³/mol. The van der Waals surface area contributed by atoms with Gasteiger partial charge < -0.3 is 30.2 Å². The summed E-state index contributed by atoms with van der Waals surface area (Å²) in [6.45, 7) is 11.5. The van der Waals surface area contributed by atoms with Crippen molar-refractivity contribution < 1.29 is 19.2 Å².